The van der Waals surface area contributed by atoms with Crippen molar-refractivity contribution in [2.75, 3.05) is 19.7 Å². The van der Waals surface area contributed by atoms with E-state index < -0.39 is 0 Å². The number of fused-ring (bicyclic) bond motifs is 1. The molecule has 0 radical (unpaired) electrons. The van der Waals surface area contributed by atoms with E-state index in [2.05, 4.69) is 12.2 Å². The number of ketones is 1. The highest BCUT2D eigenvalue weighted by Crippen LogP contribution is 2.43. The monoisotopic (exact) mass is 481 g/mol. The second-order valence-corrected chi connectivity index (χ2v) is 8.84. The summed E-state index contributed by atoms with van der Waals surface area (Å²) in [6.45, 7) is 4.57. The number of rotatable bonds is 10. The Hall–Kier alpha value is -3.06. The minimum Gasteiger partial charge on any atom is -0.508 e. The van der Waals surface area contributed by atoms with Crippen molar-refractivity contribution in [2.45, 2.75) is 13.3 Å². The molecule has 1 heterocycles. The van der Waals surface area contributed by atoms with Gasteiger partial charge in [0.2, 0.25) is 5.78 Å². The summed E-state index contributed by atoms with van der Waals surface area (Å²) in [5.74, 6) is 1.68. The molecule has 33 heavy (non-hydrogen) atoms. The molecule has 0 unspecified atom stereocenters. The Kier molecular flexibility index (Phi) is 7.50. The second-order valence-electron chi connectivity index (χ2n) is 7.38. The molecule has 3 aromatic carbocycles. The topological polar surface area (TPSA) is 67.8 Å². The summed E-state index contributed by atoms with van der Waals surface area (Å²) in [4.78, 5) is 13.8. The van der Waals surface area contributed by atoms with Crippen LogP contribution < -0.4 is 14.8 Å². The lowest BCUT2D eigenvalue weighted by atomic mass is 10.1. The molecule has 0 aliphatic carbocycles. The van der Waals surface area contributed by atoms with Gasteiger partial charge in [-0.05, 0) is 74.1 Å². The summed E-state index contributed by atoms with van der Waals surface area (Å²) in [5, 5.41) is 14.3. The summed E-state index contributed by atoms with van der Waals surface area (Å²) in [6.07, 6.45) is 0.924. The summed E-state index contributed by atoms with van der Waals surface area (Å²) in [7, 11) is 0. The molecule has 170 valence electrons. The third kappa shape index (κ3) is 5.47. The van der Waals surface area contributed by atoms with Crippen LogP contribution in [0, 0.1) is 0 Å². The number of hydrogen-bond donors (Lipinski definition) is 2. The van der Waals surface area contributed by atoms with Crippen molar-refractivity contribution in [1.29, 1.82) is 0 Å². The number of benzene rings is 3. The van der Waals surface area contributed by atoms with Gasteiger partial charge in [-0.3, -0.25) is 4.79 Å². The average Bonchev–Trinajstić information content (AvgIpc) is 3.17. The second kappa shape index (κ2) is 10.7. The van der Waals surface area contributed by atoms with Gasteiger partial charge in [0, 0.05) is 15.6 Å². The SMILES string of the molecule is CCNCCCOc1ccc(Oc2c(C(=O)c3ccccc3Cl)sc3cc(O)ccc23)cc1. The van der Waals surface area contributed by atoms with Crippen LogP contribution in [-0.2, 0) is 0 Å². The third-order valence-corrected chi connectivity index (χ3v) is 6.48. The lowest BCUT2D eigenvalue weighted by Gasteiger charge is -2.10. The molecule has 7 heteroatoms. The van der Waals surface area contributed by atoms with Crippen LogP contribution in [0.3, 0.4) is 0 Å². The Balaban J connectivity index is 1.60. The van der Waals surface area contributed by atoms with Gasteiger partial charge in [0.25, 0.3) is 0 Å². The van der Waals surface area contributed by atoms with Crippen LogP contribution in [0.5, 0.6) is 23.0 Å². The zero-order chi connectivity index (χ0) is 23.2. The van der Waals surface area contributed by atoms with E-state index in [0.717, 1.165) is 35.3 Å². The molecule has 0 spiro atoms. The minimum absolute atomic E-state index is 0.127. The Morgan fingerprint density at radius 3 is 2.58 bits per heavy atom. The number of halogens is 1. The van der Waals surface area contributed by atoms with Gasteiger partial charge >= 0.3 is 0 Å². The fraction of sp³-hybridized carbons (Fsp3) is 0.192. The molecule has 0 saturated carbocycles. The number of phenols is 1. The third-order valence-electron chi connectivity index (χ3n) is 5.01. The first kappa shape index (κ1) is 23.1. The first-order chi connectivity index (χ1) is 16.1. The Morgan fingerprint density at radius 2 is 1.82 bits per heavy atom. The van der Waals surface area contributed by atoms with Crippen molar-refractivity contribution >= 4 is 38.8 Å². The predicted octanol–water partition coefficient (Wildman–Crippen LogP) is 6.66. The maximum Gasteiger partial charge on any atom is 0.208 e. The van der Waals surface area contributed by atoms with Crippen molar-refractivity contribution in [3.8, 4) is 23.0 Å². The van der Waals surface area contributed by atoms with E-state index in [1.165, 1.54) is 11.3 Å². The number of phenolic OH excluding ortho intramolecular Hbond substituents is 1. The molecule has 0 aliphatic heterocycles. The van der Waals surface area contributed by atoms with Crippen molar-refractivity contribution in [3.05, 3.63) is 82.2 Å². The summed E-state index contributed by atoms with van der Waals surface area (Å²) >= 11 is 7.54. The fourth-order valence-electron chi connectivity index (χ4n) is 3.37. The van der Waals surface area contributed by atoms with E-state index in [1.807, 2.05) is 24.3 Å². The fourth-order valence-corrected chi connectivity index (χ4v) is 4.70. The lowest BCUT2D eigenvalue weighted by molar-refractivity contribution is 0.104. The van der Waals surface area contributed by atoms with E-state index in [4.69, 9.17) is 21.1 Å². The number of ether oxygens (including phenoxy) is 2. The quantitative estimate of drug-likeness (QED) is 0.196. The number of aromatic hydroxyl groups is 1. The van der Waals surface area contributed by atoms with Crippen LogP contribution in [0.15, 0.2) is 66.7 Å². The smallest absolute Gasteiger partial charge is 0.208 e. The first-order valence-corrected chi connectivity index (χ1v) is 11.9. The maximum absolute atomic E-state index is 13.3. The van der Waals surface area contributed by atoms with Gasteiger partial charge in [-0.25, -0.2) is 0 Å². The number of carbonyl (C=O) groups is 1. The molecule has 2 N–H and O–H groups in total. The highest BCUT2D eigenvalue weighted by Gasteiger charge is 2.23. The Morgan fingerprint density at radius 1 is 1.06 bits per heavy atom. The first-order valence-electron chi connectivity index (χ1n) is 10.7. The van der Waals surface area contributed by atoms with Gasteiger partial charge in [-0.2, -0.15) is 0 Å². The summed E-state index contributed by atoms with van der Waals surface area (Å²) in [6, 6.07) is 19.2. The molecule has 0 saturated heterocycles. The van der Waals surface area contributed by atoms with Gasteiger partial charge in [-0.15, -0.1) is 11.3 Å². The van der Waals surface area contributed by atoms with Crippen LogP contribution in [-0.4, -0.2) is 30.6 Å². The molecule has 0 fully saturated rings. The van der Waals surface area contributed by atoms with E-state index in [0.29, 0.717) is 33.6 Å². The van der Waals surface area contributed by atoms with E-state index >= 15 is 0 Å². The predicted molar refractivity (Wildman–Crippen MR) is 134 cm³/mol. The molecule has 1 aromatic heterocycles. The molecule has 0 bridgehead atoms. The molecule has 0 amide bonds. The molecule has 4 aromatic rings. The van der Waals surface area contributed by atoms with Crippen molar-refractivity contribution in [3.63, 3.8) is 0 Å². The number of hydrogen-bond acceptors (Lipinski definition) is 6. The molecule has 4 rings (SSSR count). The standard InChI is InChI=1S/C26H24ClNO4S/c1-2-28-14-5-15-31-18-9-11-19(12-10-18)32-25-21-13-8-17(29)16-23(21)33-26(25)24(30)20-6-3-4-7-22(20)27/h3-4,6-13,16,28-29H,2,5,14-15H2,1H3. The summed E-state index contributed by atoms with van der Waals surface area (Å²) in [5.41, 5.74) is 0.404. The van der Waals surface area contributed by atoms with Crippen LogP contribution in [0.25, 0.3) is 10.1 Å². The Bertz CT molecular complexity index is 1250. The van der Waals surface area contributed by atoms with Gasteiger partial charge in [-0.1, -0.05) is 30.7 Å². The molecule has 0 atom stereocenters. The van der Waals surface area contributed by atoms with E-state index in [-0.39, 0.29) is 11.5 Å². The molecule has 5 nitrogen and oxygen atoms in total. The molecular weight excluding hydrogens is 458 g/mol. The van der Waals surface area contributed by atoms with Gasteiger partial charge in [0.05, 0.1) is 11.6 Å². The minimum atomic E-state index is -0.225. The maximum atomic E-state index is 13.3. The normalized spacial score (nSPS) is 11.0. The lowest BCUT2D eigenvalue weighted by Crippen LogP contribution is -2.16. The average molecular weight is 482 g/mol. The summed E-state index contributed by atoms with van der Waals surface area (Å²) < 4.78 is 12.7. The van der Waals surface area contributed by atoms with Crippen molar-refractivity contribution in [1.82, 2.24) is 5.32 Å². The van der Waals surface area contributed by atoms with Gasteiger partial charge in [0.1, 0.15) is 22.1 Å². The van der Waals surface area contributed by atoms with Crippen LogP contribution in [0.2, 0.25) is 5.02 Å². The Labute approximate surface area is 201 Å². The zero-order valence-electron chi connectivity index (χ0n) is 18.1. The van der Waals surface area contributed by atoms with Crippen LogP contribution in [0.4, 0.5) is 0 Å². The zero-order valence-corrected chi connectivity index (χ0v) is 19.7. The highest BCUT2D eigenvalue weighted by atomic mass is 35.5. The van der Waals surface area contributed by atoms with Crippen LogP contribution >= 0.6 is 22.9 Å². The van der Waals surface area contributed by atoms with E-state index in [1.54, 1.807) is 42.5 Å². The number of thiophene rings is 1. The number of nitrogens with one attached hydrogen (secondary N) is 1. The van der Waals surface area contributed by atoms with Crippen molar-refractivity contribution in [2.24, 2.45) is 0 Å². The number of carbonyl (C=O) groups excluding carboxylic acids is 1. The van der Waals surface area contributed by atoms with Crippen LogP contribution in [0.1, 0.15) is 28.6 Å². The van der Waals surface area contributed by atoms with Crippen molar-refractivity contribution < 1.29 is 19.4 Å². The largest absolute Gasteiger partial charge is 0.508 e. The molecule has 0 aliphatic rings. The van der Waals surface area contributed by atoms with Gasteiger partial charge < -0.3 is 19.9 Å². The van der Waals surface area contributed by atoms with E-state index in [9.17, 15) is 9.90 Å². The highest BCUT2D eigenvalue weighted by molar-refractivity contribution is 7.21. The van der Waals surface area contributed by atoms with Gasteiger partial charge in [0.15, 0.2) is 5.75 Å². The molecular formula is C26H24ClNO4S.